The Bertz CT molecular complexity index is 466. The standard InChI is InChI=1S/C13H17ClN2O2S/c1-2-18-12(17)4-3-7-16-11-6-5-9(13(15)19)8-10(11)14/h5-6,8,16H,2-4,7H2,1H3,(H2,15,19). The van der Waals surface area contributed by atoms with Crippen LogP contribution in [0.4, 0.5) is 5.69 Å². The topological polar surface area (TPSA) is 64.3 Å². The number of rotatable bonds is 7. The van der Waals surface area contributed by atoms with Crippen molar-refractivity contribution in [1.82, 2.24) is 0 Å². The van der Waals surface area contributed by atoms with Crippen LogP contribution in [0.2, 0.25) is 5.02 Å². The van der Waals surface area contributed by atoms with Gasteiger partial charge in [0.1, 0.15) is 4.99 Å². The Hall–Kier alpha value is -1.33. The molecule has 0 radical (unpaired) electrons. The predicted molar refractivity (Wildman–Crippen MR) is 81.7 cm³/mol. The molecular formula is C13H17ClN2O2S. The molecule has 0 amide bonds. The largest absolute Gasteiger partial charge is 0.466 e. The molecule has 0 aliphatic carbocycles. The third-order valence-electron chi connectivity index (χ3n) is 2.43. The highest BCUT2D eigenvalue weighted by atomic mass is 35.5. The van der Waals surface area contributed by atoms with E-state index in [1.165, 1.54) is 0 Å². The summed E-state index contributed by atoms with van der Waals surface area (Å²) in [5.74, 6) is -0.181. The summed E-state index contributed by atoms with van der Waals surface area (Å²) < 4.78 is 4.84. The van der Waals surface area contributed by atoms with Crippen LogP contribution in [-0.4, -0.2) is 24.1 Å². The summed E-state index contributed by atoms with van der Waals surface area (Å²) in [6, 6.07) is 5.35. The first-order valence-corrected chi connectivity index (χ1v) is 6.82. The highest BCUT2D eigenvalue weighted by molar-refractivity contribution is 7.80. The van der Waals surface area contributed by atoms with E-state index in [1.54, 1.807) is 13.0 Å². The highest BCUT2D eigenvalue weighted by Gasteiger charge is 2.04. The van der Waals surface area contributed by atoms with E-state index in [4.69, 9.17) is 34.3 Å². The van der Waals surface area contributed by atoms with Crippen molar-refractivity contribution in [2.24, 2.45) is 5.73 Å². The van der Waals surface area contributed by atoms with E-state index < -0.39 is 0 Å². The number of anilines is 1. The lowest BCUT2D eigenvalue weighted by molar-refractivity contribution is -0.143. The zero-order valence-corrected chi connectivity index (χ0v) is 12.3. The number of hydrogen-bond acceptors (Lipinski definition) is 4. The maximum absolute atomic E-state index is 11.1. The number of thiocarbonyl (C=S) groups is 1. The molecule has 3 N–H and O–H groups in total. The van der Waals surface area contributed by atoms with Gasteiger partial charge in [-0.05, 0) is 31.5 Å². The first-order valence-electron chi connectivity index (χ1n) is 6.03. The van der Waals surface area contributed by atoms with Crippen LogP contribution in [0, 0.1) is 0 Å². The minimum absolute atomic E-state index is 0.181. The number of benzene rings is 1. The minimum Gasteiger partial charge on any atom is -0.466 e. The smallest absolute Gasteiger partial charge is 0.305 e. The Morgan fingerprint density at radius 3 is 2.84 bits per heavy atom. The number of ether oxygens (including phenoxy) is 1. The predicted octanol–water partition coefficient (Wildman–Crippen LogP) is 2.73. The van der Waals surface area contributed by atoms with Gasteiger partial charge in [-0.25, -0.2) is 0 Å². The van der Waals surface area contributed by atoms with E-state index in [2.05, 4.69) is 5.32 Å². The SMILES string of the molecule is CCOC(=O)CCCNc1ccc(C(N)=S)cc1Cl. The molecule has 104 valence electrons. The third-order valence-corrected chi connectivity index (χ3v) is 2.98. The van der Waals surface area contributed by atoms with Crippen LogP contribution in [0.3, 0.4) is 0 Å². The van der Waals surface area contributed by atoms with Crippen molar-refractivity contribution in [1.29, 1.82) is 0 Å². The van der Waals surface area contributed by atoms with Crippen molar-refractivity contribution >= 4 is 40.5 Å². The molecule has 1 aromatic carbocycles. The average Bonchev–Trinajstić information content (AvgIpc) is 2.36. The molecular weight excluding hydrogens is 284 g/mol. The van der Waals surface area contributed by atoms with Crippen LogP contribution in [0.25, 0.3) is 0 Å². The number of nitrogens with one attached hydrogen (secondary N) is 1. The van der Waals surface area contributed by atoms with Gasteiger partial charge in [0.2, 0.25) is 0 Å². The Balaban J connectivity index is 2.41. The minimum atomic E-state index is -0.181. The summed E-state index contributed by atoms with van der Waals surface area (Å²) in [5, 5.41) is 3.71. The van der Waals surface area contributed by atoms with Gasteiger partial charge < -0.3 is 15.8 Å². The van der Waals surface area contributed by atoms with Crippen LogP contribution in [0.1, 0.15) is 25.3 Å². The first-order chi connectivity index (χ1) is 9.04. The van der Waals surface area contributed by atoms with Crippen molar-refractivity contribution in [2.45, 2.75) is 19.8 Å². The van der Waals surface area contributed by atoms with Crippen molar-refractivity contribution < 1.29 is 9.53 Å². The molecule has 0 aliphatic rings. The lowest BCUT2D eigenvalue weighted by Crippen LogP contribution is -2.10. The van der Waals surface area contributed by atoms with Crippen LogP contribution in [0.5, 0.6) is 0 Å². The van der Waals surface area contributed by atoms with E-state index in [1.807, 2.05) is 12.1 Å². The molecule has 0 heterocycles. The van der Waals surface area contributed by atoms with Gasteiger partial charge in [0.25, 0.3) is 0 Å². The second-order valence-electron chi connectivity index (χ2n) is 3.89. The Kier molecular flexibility index (Phi) is 6.59. The number of nitrogens with two attached hydrogens (primary N) is 1. The fraction of sp³-hybridized carbons (Fsp3) is 0.385. The molecule has 0 saturated heterocycles. The Morgan fingerprint density at radius 1 is 1.53 bits per heavy atom. The first kappa shape index (κ1) is 15.7. The molecule has 0 fully saturated rings. The molecule has 6 heteroatoms. The fourth-order valence-corrected chi connectivity index (χ4v) is 1.88. The lowest BCUT2D eigenvalue weighted by Gasteiger charge is -2.09. The Labute approximate surface area is 123 Å². The molecule has 0 spiro atoms. The van der Waals surface area contributed by atoms with E-state index in [0.717, 1.165) is 11.3 Å². The summed E-state index contributed by atoms with van der Waals surface area (Å²) >= 11 is 11.0. The maximum Gasteiger partial charge on any atom is 0.305 e. The maximum atomic E-state index is 11.1. The summed E-state index contributed by atoms with van der Waals surface area (Å²) in [5.41, 5.74) is 7.05. The van der Waals surface area contributed by atoms with Crippen molar-refractivity contribution in [3.05, 3.63) is 28.8 Å². The normalized spacial score (nSPS) is 10.0. The average molecular weight is 301 g/mol. The number of carbonyl (C=O) groups excluding carboxylic acids is 1. The molecule has 1 rings (SSSR count). The van der Waals surface area contributed by atoms with Gasteiger partial charge >= 0.3 is 5.97 Å². The number of hydrogen-bond donors (Lipinski definition) is 2. The summed E-state index contributed by atoms with van der Waals surface area (Å²) in [4.78, 5) is 11.5. The van der Waals surface area contributed by atoms with E-state index in [-0.39, 0.29) is 5.97 Å². The van der Waals surface area contributed by atoms with Gasteiger partial charge in [-0.1, -0.05) is 23.8 Å². The molecule has 19 heavy (non-hydrogen) atoms. The zero-order valence-electron chi connectivity index (χ0n) is 10.7. The number of halogens is 1. The van der Waals surface area contributed by atoms with Crippen LogP contribution < -0.4 is 11.1 Å². The molecule has 0 atom stereocenters. The highest BCUT2D eigenvalue weighted by Crippen LogP contribution is 2.23. The quantitative estimate of drug-likeness (QED) is 0.460. The summed E-state index contributed by atoms with van der Waals surface area (Å²) in [6.45, 7) is 2.85. The van der Waals surface area contributed by atoms with Crippen molar-refractivity contribution in [2.75, 3.05) is 18.5 Å². The van der Waals surface area contributed by atoms with E-state index in [0.29, 0.717) is 36.0 Å². The molecule has 0 unspecified atom stereocenters. The summed E-state index contributed by atoms with van der Waals surface area (Å²) in [7, 11) is 0. The zero-order chi connectivity index (χ0) is 14.3. The second-order valence-corrected chi connectivity index (χ2v) is 4.74. The number of carbonyl (C=O) groups is 1. The lowest BCUT2D eigenvalue weighted by atomic mass is 10.2. The molecule has 0 bridgehead atoms. The molecule has 0 aliphatic heterocycles. The van der Waals surface area contributed by atoms with Crippen LogP contribution in [-0.2, 0) is 9.53 Å². The molecule has 4 nitrogen and oxygen atoms in total. The van der Waals surface area contributed by atoms with Gasteiger partial charge in [-0.2, -0.15) is 0 Å². The van der Waals surface area contributed by atoms with Gasteiger partial charge in [0.05, 0.1) is 17.3 Å². The summed E-state index contributed by atoms with van der Waals surface area (Å²) in [6.07, 6.45) is 1.08. The van der Waals surface area contributed by atoms with E-state index in [9.17, 15) is 4.79 Å². The molecule has 0 saturated carbocycles. The van der Waals surface area contributed by atoms with Gasteiger partial charge in [-0.15, -0.1) is 0 Å². The second kappa shape index (κ2) is 7.96. The number of esters is 1. The third kappa shape index (κ3) is 5.44. The molecule has 1 aromatic rings. The van der Waals surface area contributed by atoms with Crippen molar-refractivity contribution in [3.63, 3.8) is 0 Å². The molecule has 0 aromatic heterocycles. The monoisotopic (exact) mass is 300 g/mol. The van der Waals surface area contributed by atoms with Crippen LogP contribution in [0.15, 0.2) is 18.2 Å². The Morgan fingerprint density at radius 2 is 2.26 bits per heavy atom. The van der Waals surface area contributed by atoms with Gasteiger partial charge in [0.15, 0.2) is 0 Å². The van der Waals surface area contributed by atoms with Gasteiger partial charge in [-0.3, -0.25) is 4.79 Å². The van der Waals surface area contributed by atoms with Gasteiger partial charge in [0, 0.05) is 18.5 Å². The van der Waals surface area contributed by atoms with E-state index >= 15 is 0 Å². The fourth-order valence-electron chi connectivity index (χ4n) is 1.50. The van der Waals surface area contributed by atoms with Crippen molar-refractivity contribution in [3.8, 4) is 0 Å². The van der Waals surface area contributed by atoms with Crippen LogP contribution >= 0.6 is 23.8 Å².